The summed E-state index contributed by atoms with van der Waals surface area (Å²) in [5.74, 6) is -0.169. The van der Waals surface area contributed by atoms with Crippen LogP contribution in [0.1, 0.15) is 29.3 Å². The molecule has 0 aliphatic heterocycles. The fraction of sp³-hybridized carbons (Fsp3) is 0.235. The van der Waals surface area contributed by atoms with E-state index in [1.165, 1.54) is 5.56 Å². The van der Waals surface area contributed by atoms with E-state index in [1.807, 2.05) is 25.1 Å². The van der Waals surface area contributed by atoms with Gasteiger partial charge in [-0.3, -0.25) is 4.79 Å². The molecule has 0 aliphatic carbocycles. The Bertz CT molecular complexity index is 613. The molecule has 0 saturated heterocycles. The van der Waals surface area contributed by atoms with Crippen molar-refractivity contribution in [2.45, 2.75) is 25.8 Å². The van der Waals surface area contributed by atoms with Gasteiger partial charge in [-0.25, -0.2) is 0 Å². The summed E-state index contributed by atoms with van der Waals surface area (Å²) in [5, 5.41) is 3.85. The molecule has 4 heteroatoms. The minimum absolute atomic E-state index is 0.0736. The first-order chi connectivity index (χ1) is 10.1. The van der Waals surface area contributed by atoms with E-state index in [2.05, 4.69) is 17.4 Å². The fourth-order valence-corrected chi connectivity index (χ4v) is 2.57. The first-order valence-corrected chi connectivity index (χ1v) is 7.61. The van der Waals surface area contributed by atoms with Crippen LogP contribution in [0.3, 0.4) is 0 Å². The zero-order valence-corrected chi connectivity index (χ0v) is 13.3. The molecule has 1 atom stereocenters. The summed E-state index contributed by atoms with van der Waals surface area (Å²) >= 11 is 11.9. The number of aryl methyl sites for hydroxylation is 1. The van der Waals surface area contributed by atoms with E-state index >= 15 is 0 Å². The van der Waals surface area contributed by atoms with E-state index in [0.717, 1.165) is 12.8 Å². The van der Waals surface area contributed by atoms with Crippen molar-refractivity contribution in [3.05, 3.63) is 69.7 Å². The summed E-state index contributed by atoms with van der Waals surface area (Å²) in [6.45, 7) is 1.99. The summed E-state index contributed by atoms with van der Waals surface area (Å²) in [6.07, 6.45) is 1.80. The van der Waals surface area contributed by atoms with Crippen molar-refractivity contribution in [3.63, 3.8) is 0 Å². The maximum Gasteiger partial charge on any atom is 0.253 e. The lowest BCUT2D eigenvalue weighted by Gasteiger charge is -2.14. The van der Waals surface area contributed by atoms with Gasteiger partial charge >= 0.3 is 0 Å². The maximum atomic E-state index is 12.2. The molecule has 0 unspecified atom stereocenters. The Kier molecular flexibility index (Phi) is 5.66. The molecule has 0 saturated carbocycles. The molecule has 21 heavy (non-hydrogen) atoms. The zero-order chi connectivity index (χ0) is 15.2. The van der Waals surface area contributed by atoms with Crippen LogP contribution in [0.15, 0.2) is 48.5 Å². The number of amides is 1. The van der Waals surface area contributed by atoms with Gasteiger partial charge in [-0.2, -0.15) is 0 Å². The minimum Gasteiger partial charge on any atom is -0.350 e. The number of hydrogen-bond acceptors (Lipinski definition) is 1. The van der Waals surface area contributed by atoms with Crippen LogP contribution in [0.5, 0.6) is 0 Å². The average Bonchev–Trinajstić information content (AvgIpc) is 2.46. The van der Waals surface area contributed by atoms with Crippen LogP contribution in [0.2, 0.25) is 10.0 Å². The monoisotopic (exact) mass is 321 g/mol. The second-order valence-corrected chi connectivity index (χ2v) is 5.87. The van der Waals surface area contributed by atoms with E-state index in [-0.39, 0.29) is 11.9 Å². The van der Waals surface area contributed by atoms with Crippen LogP contribution in [0.4, 0.5) is 0 Å². The van der Waals surface area contributed by atoms with Gasteiger partial charge in [0, 0.05) is 11.1 Å². The van der Waals surface area contributed by atoms with Crippen molar-refractivity contribution in [2.24, 2.45) is 0 Å². The van der Waals surface area contributed by atoms with Gasteiger partial charge in [0.25, 0.3) is 5.91 Å². The van der Waals surface area contributed by atoms with E-state index in [0.29, 0.717) is 15.6 Å². The van der Waals surface area contributed by atoms with Gasteiger partial charge < -0.3 is 5.32 Å². The Morgan fingerprint density at radius 1 is 1.14 bits per heavy atom. The van der Waals surface area contributed by atoms with Crippen LogP contribution in [-0.4, -0.2) is 11.9 Å². The predicted molar refractivity (Wildman–Crippen MR) is 88.2 cm³/mol. The van der Waals surface area contributed by atoms with Gasteiger partial charge in [0.2, 0.25) is 0 Å². The van der Waals surface area contributed by atoms with Gasteiger partial charge in [0.15, 0.2) is 0 Å². The fourth-order valence-electron chi connectivity index (χ4n) is 2.08. The van der Waals surface area contributed by atoms with E-state index in [1.54, 1.807) is 18.2 Å². The van der Waals surface area contributed by atoms with Crippen LogP contribution >= 0.6 is 23.2 Å². The summed E-state index contributed by atoms with van der Waals surface area (Å²) in [5.41, 5.74) is 1.72. The first-order valence-electron chi connectivity index (χ1n) is 6.86. The Hall–Kier alpha value is -1.51. The van der Waals surface area contributed by atoms with Crippen LogP contribution in [0.25, 0.3) is 0 Å². The molecule has 110 valence electrons. The van der Waals surface area contributed by atoms with E-state index < -0.39 is 0 Å². The quantitative estimate of drug-likeness (QED) is 0.846. The summed E-state index contributed by atoms with van der Waals surface area (Å²) in [7, 11) is 0. The van der Waals surface area contributed by atoms with Gasteiger partial charge in [0.05, 0.1) is 10.6 Å². The second kappa shape index (κ2) is 7.48. The van der Waals surface area contributed by atoms with Crippen molar-refractivity contribution in [3.8, 4) is 0 Å². The predicted octanol–water partition coefficient (Wildman–Crippen LogP) is 4.74. The van der Waals surface area contributed by atoms with Gasteiger partial charge in [-0.05, 0) is 43.5 Å². The maximum absolute atomic E-state index is 12.2. The Labute approximate surface area is 135 Å². The van der Waals surface area contributed by atoms with E-state index in [4.69, 9.17) is 23.2 Å². The minimum atomic E-state index is -0.169. The molecule has 0 radical (unpaired) electrons. The highest BCUT2D eigenvalue weighted by atomic mass is 35.5. The molecule has 2 aromatic rings. The summed E-state index contributed by atoms with van der Waals surface area (Å²) < 4.78 is 0. The number of carbonyl (C=O) groups is 1. The molecule has 0 fully saturated rings. The zero-order valence-electron chi connectivity index (χ0n) is 11.8. The SMILES string of the molecule is C[C@@H](CCc1ccccc1)NC(=O)c1ccc(Cl)cc1Cl. The van der Waals surface area contributed by atoms with E-state index in [9.17, 15) is 4.79 Å². The number of nitrogens with one attached hydrogen (secondary N) is 1. The third-order valence-corrected chi connectivity index (χ3v) is 3.81. The van der Waals surface area contributed by atoms with Crippen molar-refractivity contribution in [1.82, 2.24) is 5.32 Å². The molecular weight excluding hydrogens is 305 g/mol. The third-order valence-electron chi connectivity index (χ3n) is 3.26. The number of hydrogen-bond donors (Lipinski definition) is 1. The largest absolute Gasteiger partial charge is 0.350 e. The average molecular weight is 322 g/mol. The highest BCUT2D eigenvalue weighted by Crippen LogP contribution is 2.21. The molecule has 1 amide bonds. The molecular formula is C17H17Cl2NO. The standard InChI is InChI=1S/C17H17Cl2NO/c1-12(7-8-13-5-3-2-4-6-13)20-17(21)15-10-9-14(18)11-16(15)19/h2-6,9-12H,7-8H2,1H3,(H,20,21)/t12-/m0/s1. The smallest absolute Gasteiger partial charge is 0.253 e. The molecule has 0 spiro atoms. The number of halogens is 2. The number of rotatable bonds is 5. The lowest BCUT2D eigenvalue weighted by atomic mass is 10.1. The highest BCUT2D eigenvalue weighted by molar-refractivity contribution is 6.36. The van der Waals surface area contributed by atoms with Crippen molar-refractivity contribution < 1.29 is 4.79 Å². The Morgan fingerprint density at radius 3 is 2.52 bits per heavy atom. The number of carbonyl (C=O) groups excluding carboxylic acids is 1. The first kappa shape index (κ1) is 15.9. The molecule has 2 rings (SSSR count). The van der Waals surface area contributed by atoms with Gasteiger partial charge in [-0.15, -0.1) is 0 Å². The molecule has 0 bridgehead atoms. The normalized spacial score (nSPS) is 12.0. The third kappa shape index (κ3) is 4.76. The van der Waals surface area contributed by atoms with Crippen LogP contribution in [-0.2, 0) is 6.42 Å². The lowest BCUT2D eigenvalue weighted by molar-refractivity contribution is 0.0938. The van der Waals surface area contributed by atoms with Crippen LogP contribution < -0.4 is 5.32 Å². The molecule has 1 N–H and O–H groups in total. The summed E-state index contributed by atoms with van der Waals surface area (Å²) in [4.78, 5) is 12.2. The Morgan fingerprint density at radius 2 is 1.86 bits per heavy atom. The molecule has 2 aromatic carbocycles. The Balaban J connectivity index is 1.90. The lowest BCUT2D eigenvalue weighted by Crippen LogP contribution is -2.33. The summed E-state index contributed by atoms with van der Waals surface area (Å²) in [6, 6.07) is 15.2. The van der Waals surface area contributed by atoms with Gasteiger partial charge in [-0.1, -0.05) is 53.5 Å². The number of benzene rings is 2. The molecule has 0 aliphatic rings. The topological polar surface area (TPSA) is 29.1 Å². The highest BCUT2D eigenvalue weighted by Gasteiger charge is 2.13. The van der Waals surface area contributed by atoms with Crippen molar-refractivity contribution in [1.29, 1.82) is 0 Å². The van der Waals surface area contributed by atoms with Gasteiger partial charge in [0.1, 0.15) is 0 Å². The molecule has 2 nitrogen and oxygen atoms in total. The molecule has 0 aromatic heterocycles. The molecule has 0 heterocycles. The van der Waals surface area contributed by atoms with Crippen molar-refractivity contribution in [2.75, 3.05) is 0 Å². The second-order valence-electron chi connectivity index (χ2n) is 5.02. The van der Waals surface area contributed by atoms with Crippen molar-refractivity contribution >= 4 is 29.1 Å². The van der Waals surface area contributed by atoms with Crippen LogP contribution in [0, 0.1) is 0 Å².